The summed E-state index contributed by atoms with van der Waals surface area (Å²) in [7, 11) is -3.68. The van der Waals surface area contributed by atoms with Crippen LogP contribution >= 0.6 is 0 Å². The number of carbonyl (C=O) groups excluding carboxylic acids is 1. The average molecular weight is 313 g/mol. The fraction of sp³-hybridized carbons (Fsp3) is 0.533. The van der Waals surface area contributed by atoms with Crippen LogP contribution in [0, 0.1) is 0 Å². The van der Waals surface area contributed by atoms with Crippen LogP contribution in [0.5, 0.6) is 0 Å². The Balaban J connectivity index is 3.12. The van der Waals surface area contributed by atoms with Crippen molar-refractivity contribution in [2.75, 3.05) is 19.7 Å². The SMILES string of the molecule is CCCCN(CCO)S(=O)(=O)c1cccc(C(=O)CC)c1. The highest BCUT2D eigenvalue weighted by atomic mass is 32.2. The van der Waals surface area contributed by atoms with Gasteiger partial charge in [-0.3, -0.25) is 4.79 Å². The van der Waals surface area contributed by atoms with Crippen molar-refractivity contribution >= 4 is 15.8 Å². The van der Waals surface area contributed by atoms with E-state index < -0.39 is 10.0 Å². The highest BCUT2D eigenvalue weighted by Crippen LogP contribution is 2.18. The van der Waals surface area contributed by atoms with E-state index in [1.54, 1.807) is 19.1 Å². The Morgan fingerprint density at radius 2 is 1.95 bits per heavy atom. The normalized spacial score (nSPS) is 11.8. The van der Waals surface area contributed by atoms with E-state index in [0.717, 1.165) is 12.8 Å². The summed E-state index contributed by atoms with van der Waals surface area (Å²) in [5, 5.41) is 9.07. The standard InChI is InChI=1S/C15H23NO4S/c1-3-5-9-16(10-11-17)21(19,20)14-8-6-7-13(12-14)15(18)4-2/h6-8,12,17H,3-5,9-11H2,1-2H3. The van der Waals surface area contributed by atoms with Gasteiger partial charge in [0.2, 0.25) is 10.0 Å². The predicted octanol–water partition coefficient (Wildman–Crippen LogP) is 2.06. The molecule has 1 N–H and O–H groups in total. The molecule has 0 fully saturated rings. The molecule has 0 saturated heterocycles. The van der Waals surface area contributed by atoms with Crippen LogP contribution in [0.2, 0.25) is 0 Å². The smallest absolute Gasteiger partial charge is 0.243 e. The zero-order valence-corrected chi connectivity index (χ0v) is 13.4. The van der Waals surface area contributed by atoms with Crippen molar-refractivity contribution in [3.8, 4) is 0 Å². The fourth-order valence-electron chi connectivity index (χ4n) is 1.98. The number of benzene rings is 1. The minimum atomic E-state index is -3.68. The molecule has 5 nitrogen and oxygen atoms in total. The molecule has 0 spiro atoms. The maximum absolute atomic E-state index is 12.6. The molecule has 6 heteroatoms. The van der Waals surface area contributed by atoms with Gasteiger partial charge in [-0.15, -0.1) is 0 Å². The monoisotopic (exact) mass is 313 g/mol. The first-order chi connectivity index (χ1) is 9.97. The highest BCUT2D eigenvalue weighted by Gasteiger charge is 2.24. The van der Waals surface area contributed by atoms with Gasteiger partial charge in [0, 0.05) is 25.1 Å². The van der Waals surface area contributed by atoms with Crippen LogP contribution in [-0.2, 0) is 10.0 Å². The van der Waals surface area contributed by atoms with Crippen molar-refractivity contribution in [2.24, 2.45) is 0 Å². The van der Waals surface area contributed by atoms with Crippen molar-refractivity contribution in [3.05, 3.63) is 29.8 Å². The molecule has 1 rings (SSSR count). The Hall–Kier alpha value is -1.24. The predicted molar refractivity (Wildman–Crippen MR) is 81.8 cm³/mol. The van der Waals surface area contributed by atoms with Gasteiger partial charge in [0.15, 0.2) is 5.78 Å². The molecular weight excluding hydrogens is 290 g/mol. The zero-order valence-electron chi connectivity index (χ0n) is 12.6. The molecule has 0 aliphatic rings. The van der Waals surface area contributed by atoms with Crippen LogP contribution in [0.15, 0.2) is 29.2 Å². The van der Waals surface area contributed by atoms with E-state index in [9.17, 15) is 13.2 Å². The second kappa shape index (κ2) is 8.26. The van der Waals surface area contributed by atoms with Crippen LogP contribution in [0.3, 0.4) is 0 Å². The molecule has 0 bridgehead atoms. The maximum Gasteiger partial charge on any atom is 0.243 e. The Bertz CT molecular complexity index is 569. The van der Waals surface area contributed by atoms with Crippen molar-refractivity contribution in [3.63, 3.8) is 0 Å². The number of carbonyl (C=O) groups is 1. The van der Waals surface area contributed by atoms with Crippen LogP contribution in [0.4, 0.5) is 0 Å². The van der Waals surface area contributed by atoms with Gasteiger partial charge in [0.25, 0.3) is 0 Å². The lowest BCUT2D eigenvalue weighted by Gasteiger charge is -2.21. The first kappa shape index (κ1) is 17.8. The molecule has 0 aromatic heterocycles. The Morgan fingerprint density at radius 3 is 2.52 bits per heavy atom. The minimum absolute atomic E-state index is 0.0638. The van der Waals surface area contributed by atoms with E-state index in [4.69, 9.17) is 5.11 Å². The third kappa shape index (κ3) is 4.62. The van der Waals surface area contributed by atoms with Crippen molar-refractivity contribution in [1.82, 2.24) is 4.31 Å². The van der Waals surface area contributed by atoms with E-state index in [1.165, 1.54) is 16.4 Å². The number of ketones is 1. The number of aliphatic hydroxyl groups is 1. The summed E-state index contributed by atoms with van der Waals surface area (Å²) in [6.07, 6.45) is 1.93. The summed E-state index contributed by atoms with van der Waals surface area (Å²) < 4.78 is 26.5. The van der Waals surface area contributed by atoms with E-state index in [-0.39, 0.29) is 23.8 Å². The number of Topliss-reactive ketones (excluding diaryl/α,β-unsaturated/α-hetero) is 1. The first-order valence-corrected chi connectivity index (χ1v) is 8.65. The number of unbranched alkanes of at least 4 members (excludes halogenated alkanes) is 1. The molecule has 0 aliphatic carbocycles. The van der Waals surface area contributed by atoms with Gasteiger partial charge in [-0.1, -0.05) is 32.4 Å². The van der Waals surface area contributed by atoms with Crippen molar-refractivity contribution < 1.29 is 18.3 Å². The summed E-state index contributed by atoms with van der Waals surface area (Å²) in [6, 6.07) is 6.09. The third-order valence-corrected chi connectivity index (χ3v) is 5.12. The van der Waals surface area contributed by atoms with Crippen LogP contribution in [0.25, 0.3) is 0 Å². The van der Waals surface area contributed by atoms with E-state index >= 15 is 0 Å². The molecule has 118 valence electrons. The molecule has 0 radical (unpaired) electrons. The molecule has 21 heavy (non-hydrogen) atoms. The van der Waals surface area contributed by atoms with Gasteiger partial charge >= 0.3 is 0 Å². The summed E-state index contributed by atoms with van der Waals surface area (Å²) in [4.78, 5) is 11.8. The number of nitrogens with zero attached hydrogens (tertiary/aromatic N) is 1. The van der Waals surface area contributed by atoms with Gasteiger partial charge in [0.05, 0.1) is 11.5 Å². The molecule has 1 aromatic rings. The van der Waals surface area contributed by atoms with Gasteiger partial charge in [0.1, 0.15) is 0 Å². The van der Waals surface area contributed by atoms with Crippen molar-refractivity contribution in [1.29, 1.82) is 0 Å². The largest absolute Gasteiger partial charge is 0.395 e. The lowest BCUT2D eigenvalue weighted by Crippen LogP contribution is -2.34. The minimum Gasteiger partial charge on any atom is -0.395 e. The summed E-state index contributed by atoms with van der Waals surface area (Å²) in [6.45, 7) is 3.92. The van der Waals surface area contributed by atoms with Crippen molar-refractivity contribution in [2.45, 2.75) is 38.0 Å². The van der Waals surface area contributed by atoms with Gasteiger partial charge < -0.3 is 5.11 Å². The lowest BCUT2D eigenvalue weighted by molar-refractivity contribution is 0.0988. The lowest BCUT2D eigenvalue weighted by atomic mass is 10.1. The van der Waals surface area contributed by atoms with Gasteiger partial charge in [-0.2, -0.15) is 4.31 Å². The summed E-state index contributed by atoms with van der Waals surface area (Å²) in [5.74, 6) is -0.0886. The summed E-state index contributed by atoms with van der Waals surface area (Å²) >= 11 is 0. The molecule has 0 atom stereocenters. The highest BCUT2D eigenvalue weighted by molar-refractivity contribution is 7.89. The molecule has 0 amide bonds. The third-order valence-electron chi connectivity index (χ3n) is 3.23. The van der Waals surface area contributed by atoms with E-state index in [0.29, 0.717) is 18.5 Å². The molecule has 0 aliphatic heterocycles. The number of hydrogen-bond donors (Lipinski definition) is 1. The van der Waals surface area contributed by atoms with Crippen LogP contribution in [0.1, 0.15) is 43.5 Å². The van der Waals surface area contributed by atoms with E-state index in [2.05, 4.69) is 0 Å². The molecule has 0 heterocycles. The quantitative estimate of drug-likeness (QED) is 0.708. The molecule has 1 aromatic carbocycles. The molecule has 0 unspecified atom stereocenters. The second-order valence-electron chi connectivity index (χ2n) is 4.79. The fourth-order valence-corrected chi connectivity index (χ4v) is 3.50. The number of sulfonamides is 1. The Morgan fingerprint density at radius 1 is 1.24 bits per heavy atom. The molecule has 0 saturated carbocycles. The van der Waals surface area contributed by atoms with Crippen LogP contribution < -0.4 is 0 Å². The average Bonchev–Trinajstić information content (AvgIpc) is 2.50. The number of rotatable bonds is 9. The van der Waals surface area contributed by atoms with Crippen LogP contribution in [-0.4, -0.2) is 43.3 Å². The topological polar surface area (TPSA) is 74.7 Å². The van der Waals surface area contributed by atoms with Gasteiger partial charge in [-0.05, 0) is 18.6 Å². The molecular formula is C15H23NO4S. The first-order valence-electron chi connectivity index (χ1n) is 7.21. The Kier molecular flexibility index (Phi) is 7.01. The Labute approximate surface area is 126 Å². The van der Waals surface area contributed by atoms with E-state index in [1.807, 2.05) is 6.92 Å². The zero-order chi connectivity index (χ0) is 15.9. The summed E-state index contributed by atoms with van der Waals surface area (Å²) in [5.41, 5.74) is 0.401. The second-order valence-corrected chi connectivity index (χ2v) is 6.72. The van der Waals surface area contributed by atoms with Gasteiger partial charge in [-0.25, -0.2) is 8.42 Å². The number of hydrogen-bond acceptors (Lipinski definition) is 4. The number of aliphatic hydroxyl groups excluding tert-OH is 1. The maximum atomic E-state index is 12.6.